The molecule has 1 aromatic carbocycles. The molecule has 0 aromatic heterocycles. The topological polar surface area (TPSA) is 35.6 Å². The first-order chi connectivity index (χ1) is 11.6. The van der Waals surface area contributed by atoms with Crippen molar-refractivity contribution in [2.75, 3.05) is 25.9 Å². The van der Waals surface area contributed by atoms with Crippen molar-refractivity contribution in [3.05, 3.63) is 29.6 Å². The molecule has 3 unspecified atom stereocenters. The fraction of sp³-hybridized carbons (Fsp3) is 0.611. The quantitative estimate of drug-likeness (QED) is 0.845. The minimum absolute atomic E-state index is 0.00283. The molecule has 4 rings (SSSR count). The molecule has 0 radical (unpaired) electrons. The highest BCUT2D eigenvalue weighted by Gasteiger charge is 2.36. The third kappa shape index (κ3) is 3.02. The number of carbonyl (C=O) groups excluding carboxylic acids is 1. The van der Waals surface area contributed by atoms with Gasteiger partial charge in [0.1, 0.15) is 5.82 Å². The molecule has 0 aliphatic carbocycles. The third-order valence-corrected chi connectivity index (χ3v) is 6.87. The Labute approximate surface area is 146 Å². The molecule has 6 heteroatoms. The predicted molar refractivity (Wildman–Crippen MR) is 93.8 cm³/mol. The molecule has 3 atom stereocenters. The Bertz CT molecular complexity index is 641. The van der Waals surface area contributed by atoms with E-state index in [2.05, 4.69) is 17.3 Å². The number of fused-ring (bicyclic) bond motifs is 3. The molecule has 4 nitrogen and oxygen atoms in total. The molecule has 130 valence electrons. The summed E-state index contributed by atoms with van der Waals surface area (Å²) < 4.78 is 13.6. The number of carbonyl (C=O) groups is 1. The van der Waals surface area contributed by atoms with E-state index in [0.717, 1.165) is 42.1 Å². The van der Waals surface area contributed by atoms with Gasteiger partial charge in [0.15, 0.2) is 0 Å². The lowest BCUT2D eigenvalue weighted by atomic mass is 10.0. The van der Waals surface area contributed by atoms with E-state index in [9.17, 15) is 9.18 Å². The molecule has 2 amide bonds. The molecule has 2 saturated heterocycles. The summed E-state index contributed by atoms with van der Waals surface area (Å²) in [4.78, 5) is 18.3. The maximum absolute atomic E-state index is 13.6. The van der Waals surface area contributed by atoms with Crippen molar-refractivity contribution in [2.45, 2.75) is 48.7 Å². The van der Waals surface area contributed by atoms with Gasteiger partial charge in [0, 0.05) is 35.8 Å². The van der Waals surface area contributed by atoms with Crippen LogP contribution in [0.1, 0.15) is 37.3 Å². The minimum Gasteiger partial charge on any atom is -0.331 e. The average Bonchev–Trinajstić information content (AvgIpc) is 2.80. The predicted octanol–water partition coefficient (Wildman–Crippen LogP) is 3.24. The van der Waals surface area contributed by atoms with Gasteiger partial charge in [-0.3, -0.25) is 4.90 Å². The fourth-order valence-electron chi connectivity index (χ4n) is 4.25. The van der Waals surface area contributed by atoms with Crippen molar-refractivity contribution in [1.29, 1.82) is 0 Å². The lowest BCUT2D eigenvalue weighted by Gasteiger charge is -2.30. The van der Waals surface area contributed by atoms with E-state index >= 15 is 0 Å². The Balaban J connectivity index is 1.46. The second-order valence-corrected chi connectivity index (χ2v) is 8.24. The molecule has 1 aromatic rings. The van der Waals surface area contributed by atoms with E-state index in [1.54, 1.807) is 17.8 Å². The van der Waals surface area contributed by atoms with Crippen LogP contribution in [-0.4, -0.2) is 53.8 Å². The molecule has 0 spiro atoms. The highest BCUT2D eigenvalue weighted by atomic mass is 32.2. The molecule has 2 fully saturated rings. The summed E-state index contributed by atoms with van der Waals surface area (Å²) in [5.41, 5.74) is 0.924. The number of likely N-dealkylation sites (N-methyl/N-ethyl adjacent to an activating group) is 1. The van der Waals surface area contributed by atoms with Crippen LogP contribution >= 0.6 is 11.8 Å². The number of nitrogens with one attached hydrogen (secondary N) is 1. The standard InChI is InChI=1S/C18H24FN3OS/c1-21-13-3-4-14(21)11-22(8-6-13)18(23)20-16-7-9-24-17-5-2-12(19)10-15(16)17/h2,5,10,13-14,16H,3-4,6-9,11H2,1H3,(H,20,23). The minimum atomic E-state index is -0.232. The monoisotopic (exact) mass is 349 g/mol. The zero-order chi connectivity index (χ0) is 16.7. The average molecular weight is 349 g/mol. The van der Waals surface area contributed by atoms with Crippen molar-refractivity contribution >= 4 is 17.8 Å². The second kappa shape index (κ2) is 6.56. The van der Waals surface area contributed by atoms with Gasteiger partial charge in [-0.2, -0.15) is 0 Å². The summed E-state index contributed by atoms with van der Waals surface area (Å²) in [7, 11) is 2.18. The molecule has 3 heterocycles. The van der Waals surface area contributed by atoms with Gasteiger partial charge < -0.3 is 10.2 Å². The number of halogens is 1. The first-order valence-electron chi connectivity index (χ1n) is 8.81. The van der Waals surface area contributed by atoms with Gasteiger partial charge in [-0.15, -0.1) is 11.8 Å². The zero-order valence-electron chi connectivity index (χ0n) is 14.0. The maximum atomic E-state index is 13.6. The van der Waals surface area contributed by atoms with E-state index < -0.39 is 0 Å². The van der Waals surface area contributed by atoms with Gasteiger partial charge in [0.2, 0.25) is 0 Å². The van der Waals surface area contributed by atoms with E-state index in [4.69, 9.17) is 0 Å². The van der Waals surface area contributed by atoms with Crippen LogP contribution in [0.2, 0.25) is 0 Å². The van der Waals surface area contributed by atoms with Crippen LogP contribution < -0.4 is 5.32 Å². The molecule has 3 aliphatic heterocycles. The first kappa shape index (κ1) is 16.2. The van der Waals surface area contributed by atoms with Gasteiger partial charge in [0.25, 0.3) is 0 Å². The zero-order valence-corrected chi connectivity index (χ0v) is 14.8. The molecule has 24 heavy (non-hydrogen) atoms. The molecular weight excluding hydrogens is 325 g/mol. The first-order valence-corrected chi connectivity index (χ1v) is 9.80. The van der Waals surface area contributed by atoms with Crippen LogP contribution in [0.25, 0.3) is 0 Å². The summed E-state index contributed by atoms with van der Waals surface area (Å²) in [5.74, 6) is 0.723. The smallest absolute Gasteiger partial charge is 0.317 e. The van der Waals surface area contributed by atoms with Gasteiger partial charge in [-0.1, -0.05) is 0 Å². The van der Waals surface area contributed by atoms with E-state index in [-0.39, 0.29) is 17.9 Å². The number of amides is 2. The highest BCUT2D eigenvalue weighted by Crippen LogP contribution is 2.36. The summed E-state index contributed by atoms with van der Waals surface area (Å²) in [5, 5.41) is 3.16. The van der Waals surface area contributed by atoms with E-state index in [1.165, 1.54) is 18.9 Å². The lowest BCUT2D eigenvalue weighted by Crippen LogP contribution is -2.46. The van der Waals surface area contributed by atoms with Crippen LogP contribution in [0.3, 0.4) is 0 Å². The van der Waals surface area contributed by atoms with Crippen molar-refractivity contribution < 1.29 is 9.18 Å². The number of urea groups is 1. The Kier molecular flexibility index (Phi) is 4.43. The van der Waals surface area contributed by atoms with Crippen LogP contribution in [0.15, 0.2) is 23.1 Å². The Morgan fingerprint density at radius 2 is 2.08 bits per heavy atom. The Hall–Kier alpha value is -1.27. The van der Waals surface area contributed by atoms with Gasteiger partial charge >= 0.3 is 6.03 Å². The number of benzene rings is 1. The Morgan fingerprint density at radius 3 is 2.96 bits per heavy atom. The maximum Gasteiger partial charge on any atom is 0.317 e. The number of thioether (sulfide) groups is 1. The molecule has 0 saturated carbocycles. The molecule has 1 N–H and O–H groups in total. The number of hydrogen-bond donors (Lipinski definition) is 1. The number of nitrogens with zero attached hydrogens (tertiary/aromatic N) is 2. The van der Waals surface area contributed by atoms with Gasteiger partial charge in [-0.05, 0) is 56.5 Å². The fourth-order valence-corrected chi connectivity index (χ4v) is 5.35. The largest absolute Gasteiger partial charge is 0.331 e. The molecule has 2 bridgehead atoms. The number of hydrogen-bond acceptors (Lipinski definition) is 3. The van der Waals surface area contributed by atoms with Crippen LogP contribution in [-0.2, 0) is 0 Å². The van der Waals surface area contributed by atoms with Gasteiger partial charge in [0.05, 0.1) is 6.04 Å². The normalized spacial score (nSPS) is 29.9. The van der Waals surface area contributed by atoms with Crippen LogP contribution in [0, 0.1) is 5.82 Å². The molecular formula is C18H24FN3OS. The van der Waals surface area contributed by atoms with Crippen molar-refractivity contribution in [3.63, 3.8) is 0 Å². The van der Waals surface area contributed by atoms with Crippen molar-refractivity contribution in [2.24, 2.45) is 0 Å². The van der Waals surface area contributed by atoms with E-state index in [0.29, 0.717) is 12.1 Å². The lowest BCUT2D eigenvalue weighted by molar-refractivity contribution is 0.184. The second-order valence-electron chi connectivity index (χ2n) is 7.11. The summed E-state index contributed by atoms with van der Waals surface area (Å²) in [6.07, 6.45) is 4.33. The number of rotatable bonds is 1. The van der Waals surface area contributed by atoms with Crippen molar-refractivity contribution in [3.8, 4) is 0 Å². The summed E-state index contributed by atoms with van der Waals surface area (Å²) >= 11 is 1.74. The highest BCUT2D eigenvalue weighted by molar-refractivity contribution is 7.99. The number of likely N-dealkylation sites (tertiary alicyclic amines) is 1. The Morgan fingerprint density at radius 1 is 1.25 bits per heavy atom. The third-order valence-electron chi connectivity index (χ3n) is 5.74. The van der Waals surface area contributed by atoms with Crippen LogP contribution in [0.5, 0.6) is 0 Å². The van der Waals surface area contributed by atoms with Gasteiger partial charge in [-0.25, -0.2) is 9.18 Å². The van der Waals surface area contributed by atoms with Crippen molar-refractivity contribution in [1.82, 2.24) is 15.1 Å². The van der Waals surface area contributed by atoms with E-state index in [1.807, 2.05) is 11.0 Å². The summed E-state index contributed by atoms with van der Waals surface area (Å²) in [6, 6.07) is 5.92. The SMILES string of the molecule is CN1C2CCC1CN(C(=O)NC1CCSc3ccc(F)cc31)CC2. The summed E-state index contributed by atoms with van der Waals surface area (Å²) in [6.45, 7) is 1.62. The molecule has 3 aliphatic rings. The van der Waals surface area contributed by atoms with Crippen LogP contribution in [0.4, 0.5) is 9.18 Å².